The number of piperidine rings is 1. The van der Waals surface area contributed by atoms with Crippen LogP contribution in [0.1, 0.15) is 53.6 Å². The van der Waals surface area contributed by atoms with Gasteiger partial charge >= 0.3 is 0 Å². The molecule has 8 nitrogen and oxygen atoms in total. The Hall–Kier alpha value is -3.20. The van der Waals surface area contributed by atoms with E-state index in [1.54, 1.807) is 12.1 Å². The van der Waals surface area contributed by atoms with Crippen LogP contribution in [-0.4, -0.2) is 55.0 Å². The van der Waals surface area contributed by atoms with E-state index in [0.29, 0.717) is 17.9 Å². The van der Waals surface area contributed by atoms with E-state index in [2.05, 4.69) is 40.0 Å². The van der Waals surface area contributed by atoms with Crippen LogP contribution in [0.25, 0.3) is 6.08 Å². The molecule has 2 N–H and O–H groups in total. The molecule has 2 aromatic rings. The number of rotatable bonds is 7. The summed E-state index contributed by atoms with van der Waals surface area (Å²) in [7, 11) is 0. The maximum Gasteiger partial charge on any atom is 0.267 e. The van der Waals surface area contributed by atoms with Crippen molar-refractivity contribution in [1.82, 2.24) is 15.7 Å². The third kappa shape index (κ3) is 6.13. The highest BCUT2D eigenvalue weighted by Crippen LogP contribution is 2.34. The normalized spacial score (nSPS) is 21.6. The zero-order chi connectivity index (χ0) is 24.8. The number of likely N-dealkylation sites (tertiary alicyclic amines) is 1. The van der Waals surface area contributed by atoms with Gasteiger partial charge in [-0.05, 0) is 48.6 Å². The molecule has 3 aliphatic heterocycles. The fourth-order valence-electron chi connectivity index (χ4n) is 4.86. The van der Waals surface area contributed by atoms with Crippen molar-refractivity contribution in [3.63, 3.8) is 0 Å². The number of nitrogens with one attached hydrogen (secondary N) is 2. The first-order chi connectivity index (χ1) is 17.6. The number of hydroxylamine groups is 1. The summed E-state index contributed by atoms with van der Waals surface area (Å²) in [4.78, 5) is 32.8. The first-order valence-electron chi connectivity index (χ1n) is 12.8. The van der Waals surface area contributed by atoms with Crippen LogP contribution in [0, 0.1) is 0 Å². The number of hydrogen-bond acceptors (Lipinski definition) is 6. The molecule has 2 saturated heterocycles. The smallest absolute Gasteiger partial charge is 0.267 e. The summed E-state index contributed by atoms with van der Waals surface area (Å²) >= 11 is 0. The number of amides is 2. The lowest BCUT2D eigenvalue weighted by Gasteiger charge is -2.44. The second-order valence-corrected chi connectivity index (χ2v) is 9.60. The van der Waals surface area contributed by atoms with E-state index in [9.17, 15) is 9.59 Å². The summed E-state index contributed by atoms with van der Waals surface area (Å²) in [6.07, 6.45) is 7.89. The minimum Gasteiger partial charge on any atom is -0.467 e. The fraction of sp³-hybridized carbons (Fsp3) is 0.429. The van der Waals surface area contributed by atoms with Crippen molar-refractivity contribution in [2.24, 2.45) is 0 Å². The Bertz CT molecular complexity index is 1090. The number of carbonyl (C=O) groups excluding carboxylic acids is 2. The summed E-state index contributed by atoms with van der Waals surface area (Å²) < 4.78 is 11.8. The van der Waals surface area contributed by atoms with Crippen LogP contribution in [0.15, 0.2) is 54.6 Å². The standard InChI is InChI=1S/C28H33N3O5/c32-25(30-36-26-8-4-5-19-34-26)12-10-22-9-11-24-23(20-22)27(33)29-28(35-24)14-17-31(18-15-28)16-13-21-6-2-1-3-7-21/h1-3,6-7,9-12,20,26H,4-5,8,13-19H2,(H,29,33)(H,30,32)/b12-10+. The second-order valence-electron chi connectivity index (χ2n) is 9.60. The lowest BCUT2D eigenvalue weighted by atomic mass is 9.96. The predicted octanol–water partition coefficient (Wildman–Crippen LogP) is 3.43. The van der Waals surface area contributed by atoms with Gasteiger partial charge in [-0.15, -0.1) is 0 Å². The second kappa shape index (κ2) is 11.2. The molecule has 5 rings (SSSR count). The molecule has 3 aliphatic rings. The Labute approximate surface area is 211 Å². The van der Waals surface area contributed by atoms with Crippen molar-refractivity contribution in [3.05, 3.63) is 71.3 Å². The van der Waals surface area contributed by atoms with Gasteiger partial charge in [0.15, 0.2) is 12.0 Å². The van der Waals surface area contributed by atoms with Gasteiger partial charge in [0.1, 0.15) is 5.75 Å². The van der Waals surface area contributed by atoms with Crippen LogP contribution in [0.2, 0.25) is 0 Å². The number of fused-ring (bicyclic) bond motifs is 1. The molecule has 1 atom stereocenters. The van der Waals surface area contributed by atoms with E-state index >= 15 is 0 Å². The topological polar surface area (TPSA) is 89.1 Å². The zero-order valence-corrected chi connectivity index (χ0v) is 20.4. The summed E-state index contributed by atoms with van der Waals surface area (Å²) in [5, 5.41) is 3.11. The summed E-state index contributed by atoms with van der Waals surface area (Å²) in [6.45, 7) is 3.37. The molecule has 0 aliphatic carbocycles. The van der Waals surface area contributed by atoms with Crippen molar-refractivity contribution in [2.75, 3.05) is 26.2 Å². The highest BCUT2D eigenvalue weighted by atomic mass is 16.8. The maximum absolute atomic E-state index is 13.0. The molecule has 2 fully saturated rings. The molecule has 36 heavy (non-hydrogen) atoms. The molecular weight excluding hydrogens is 458 g/mol. The van der Waals surface area contributed by atoms with E-state index < -0.39 is 12.0 Å². The van der Waals surface area contributed by atoms with Crippen LogP contribution >= 0.6 is 0 Å². The van der Waals surface area contributed by atoms with Crippen molar-refractivity contribution in [2.45, 2.75) is 50.5 Å². The van der Waals surface area contributed by atoms with Gasteiger partial charge < -0.3 is 19.7 Å². The SMILES string of the molecule is O=C(/C=C/c1ccc2c(c1)C(=O)NC1(CCN(CCc3ccccc3)CC1)O2)NOC1CCCCO1. The highest BCUT2D eigenvalue weighted by Gasteiger charge is 2.42. The van der Waals surface area contributed by atoms with Crippen molar-refractivity contribution < 1.29 is 23.9 Å². The van der Waals surface area contributed by atoms with Gasteiger partial charge in [0, 0.05) is 51.6 Å². The Morgan fingerprint density at radius 3 is 2.78 bits per heavy atom. The van der Waals surface area contributed by atoms with Gasteiger partial charge in [0.2, 0.25) is 0 Å². The predicted molar refractivity (Wildman–Crippen MR) is 135 cm³/mol. The molecule has 2 aromatic carbocycles. The summed E-state index contributed by atoms with van der Waals surface area (Å²) in [5.41, 5.74) is 4.27. The molecule has 0 bridgehead atoms. The van der Waals surface area contributed by atoms with Gasteiger partial charge in [-0.3, -0.25) is 9.59 Å². The highest BCUT2D eigenvalue weighted by molar-refractivity contribution is 5.99. The number of benzene rings is 2. The Morgan fingerprint density at radius 2 is 2.00 bits per heavy atom. The zero-order valence-electron chi connectivity index (χ0n) is 20.4. The van der Waals surface area contributed by atoms with Gasteiger partial charge in [-0.1, -0.05) is 36.4 Å². The lowest BCUT2D eigenvalue weighted by molar-refractivity contribution is -0.198. The average molecular weight is 492 g/mol. The molecule has 1 spiro atoms. The molecule has 3 heterocycles. The number of nitrogens with zero attached hydrogens (tertiary/aromatic N) is 1. The maximum atomic E-state index is 13.0. The van der Waals surface area contributed by atoms with E-state index in [1.165, 1.54) is 11.6 Å². The van der Waals surface area contributed by atoms with Crippen molar-refractivity contribution in [3.8, 4) is 5.75 Å². The quantitative estimate of drug-likeness (QED) is 0.456. The Balaban J connectivity index is 1.13. The van der Waals surface area contributed by atoms with E-state index in [1.807, 2.05) is 18.2 Å². The summed E-state index contributed by atoms with van der Waals surface area (Å²) in [6, 6.07) is 15.9. The number of carbonyl (C=O) groups is 2. The van der Waals surface area contributed by atoms with Crippen LogP contribution in [0.4, 0.5) is 0 Å². The fourth-order valence-corrected chi connectivity index (χ4v) is 4.86. The van der Waals surface area contributed by atoms with Crippen LogP contribution in [0.5, 0.6) is 5.75 Å². The molecular formula is C28H33N3O5. The van der Waals surface area contributed by atoms with Gasteiger partial charge in [0.25, 0.3) is 11.8 Å². The minimum atomic E-state index is -0.664. The first kappa shape index (κ1) is 24.5. The van der Waals surface area contributed by atoms with Crippen LogP contribution < -0.4 is 15.5 Å². The largest absolute Gasteiger partial charge is 0.467 e. The van der Waals surface area contributed by atoms with E-state index in [-0.39, 0.29) is 11.8 Å². The molecule has 2 amide bonds. The molecule has 1 unspecified atom stereocenters. The summed E-state index contributed by atoms with van der Waals surface area (Å²) in [5.74, 6) is 0.0444. The molecule has 0 aromatic heterocycles. The third-order valence-electron chi connectivity index (χ3n) is 6.97. The lowest BCUT2D eigenvalue weighted by Crippen LogP contribution is -2.61. The molecule has 190 valence electrons. The molecule has 0 radical (unpaired) electrons. The van der Waals surface area contributed by atoms with Crippen molar-refractivity contribution in [1.29, 1.82) is 0 Å². The van der Waals surface area contributed by atoms with Crippen molar-refractivity contribution >= 4 is 17.9 Å². The third-order valence-corrected chi connectivity index (χ3v) is 6.97. The first-order valence-corrected chi connectivity index (χ1v) is 12.8. The van der Waals surface area contributed by atoms with E-state index in [0.717, 1.165) is 63.7 Å². The molecule has 0 saturated carbocycles. The van der Waals surface area contributed by atoms with Gasteiger partial charge in [-0.25, -0.2) is 10.3 Å². The Kier molecular flexibility index (Phi) is 7.65. The minimum absolute atomic E-state index is 0.147. The molecule has 8 heteroatoms. The number of hydrogen-bond donors (Lipinski definition) is 2. The van der Waals surface area contributed by atoms with Gasteiger partial charge in [-0.2, -0.15) is 0 Å². The average Bonchev–Trinajstić information content (AvgIpc) is 2.92. The Morgan fingerprint density at radius 1 is 1.17 bits per heavy atom. The number of ether oxygens (including phenoxy) is 2. The van der Waals surface area contributed by atoms with Gasteiger partial charge in [0.05, 0.1) is 5.56 Å². The van der Waals surface area contributed by atoms with Crippen LogP contribution in [0.3, 0.4) is 0 Å². The van der Waals surface area contributed by atoms with Crippen LogP contribution in [-0.2, 0) is 20.8 Å². The monoisotopic (exact) mass is 491 g/mol. The van der Waals surface area contributed by atoms with E-state index in [4.69, 9.17) is 14.3 Å².